The number of methoxy groups -OCH3 is 1. The van der Waals surface area contributed by atoms with Gasteiger partial charge < -0.3 is 9.47 Å². The molecule has 1 saturated carbocycles. The summed E-state index contributed by atoms with van der Waals surface area (Å²) in [4.78, 5) is 9.03. The van der Waals surface area contributed by atoms with Crippen molar-refractivity contribution in [1.29, 1.82) is 0 Å². The topological polar surface area (TPSA) is 44.2 Å². The van der Waals surface area contributed by atoms with Crippen molar-refractivity contribution in [3.63, 3.8) is 0 Å². The largest absolute Gasteiger partial charge is 0.492 e. The zero-order chi connectivity index (χ0) is 19.3. The lowest BCUT2D eigenvalue weighted by molar-refractivity contribution is 0.200. The predicted octanol–water partition coefficient (Wildman–Crippen LogP) is 5.70. The van der Waals surface area contributed by atoms with E-state index in [1.165, 1.54) is 12.8 Å². The van der Waals surface area contributed by atoms with Gasteiger partial charge in [0.15, 0.2) is 11.5 Å². The van der Waals surface area contributed by atoms with Crippen molar-refractivity contribution in [3.8, 4) is 33.8 Å². The van der Waals surface area contributed by atoms with E-state index in [9.17, 15) is 0 Å². The fraction of sp³-hybridized carbons (Fsp3) is 0.333. The maximum atomic E-state index is 6.30. The summed E-state index contributed by atoms with van der Waals surface area (Å²) in [6, 6.07) is 12.4. The molecular weight excluding hydrogens is 348 g/mol. The quantitative estimate of drug-likeness (QED) is 0.555. The van der Waals surface area contributed by atoms with Gasteiger partial charge in [0.25, 0.3) is 0 Å². The van der Waals surface area contributed by atoms with Crippen LogP contribution in [0.5, 0.6) is 11.5 Å². The highest BCUT2D eigenvalue weighted by molar-refractivity contribution is 5.88. The summed E-state index contributed by atoms with van der Waals surface area (Å²) in [5, 5.41) is 0. The lowest BCUT2D eigenvalue weighted by Crippen LogP contribution is -2.12. The molecule has 0 spiro atoms. The Bertz CT molecular complexity index is 935. The first kappa shape index (κ1) is 18.5. The molecule has 0 unspecified atom stereocenters. The SMILES string of the molecule is CCc1ncc(OC2CCCC2)c(OC)c1-c1ccccc1-c1cccnc1. The van der Waals surface area contributed by atoms with E-state index >= 15 is 0 Å². The third-order valence-electron chi connectivity index (χ3n) is 5.38. The second-order valence-electron chi connectivity index (χ2n) is 7.14. The summed E-state index contributed by atoms with van der Waals surface area (Å²) in [6.45, 7) is 2.12. The second kappa shape index (κ2) is 8.42. The number of nitrogens with zero attached hydrogens (tertiary/aromatic N) is 2. The molecule has 4 rings (SSSR count). The minimum absolute atomic E-state index is 0.254. The van der Waals surface area contributed by atoms with E-state index in [1.807, 2.05) is 18.5 Å². The van der Waals surface area contributed by atoms with Crippen molar-refractivity contribution in [3.05, 3.63) is 60.7 Å². The Hall–Kier alpha value is -2.88. The van der Waals surface area contributed by atoms with Crippen molar-refractivity contribution < 1.29 is 9.47 Å². The van der Waals surface area contributed by atoms with E-state index in [-0.39, 0.29) is 6.10 Å². The number of hydrogen-bond donors (Lipinski definition) is 0. The van der Waals surface area contributed by atoms with Crippen LogP contribution in [0.1, 0.15) is 38.3 Å². The van der Waals surface area contributed by atoms with Crippen LogP contribution >= 0.6 is 0 Å². The van der Waals surface area contributed by atoms with E-state index in [4.69, 9.17) is 14.5 Å². The first-order valence-corrected chi connectivity index (χ1v) is 10.0. The summed E-state index contributed by atoms with van der Waals surface area (Å²) < 4.78 is 12.2. The summed E-state index contributed by atoms with van der Waals surface area (Å²) in [6.07, 6.45) is 11.2. The highest BCUT2D eigenvalue weighted by Crippen LogP contribution is 2.44. The third-order valence-corrected chi connectivity index (χ3v) is 5.38. The molecule has 28 heavy (non-hydrogen) atoms. The summed E-state index contributed by atoms with van der Waals surface area (Å²) in [7, 11) is 1.71. The molecule has 4 nitrogen and oxygen atoms in total. The number of aromatic nitrogens is 2. The smallest absolute Gasteiger partial charge is 0.180 e. The molecule has 0 saturated heterocycles. The number of pyridine rings is 2. The van der Waals surface area contributed by atoms with Crippen LogP contribution in [-0.4, -0.2) is 23.2 Å². The molecule has 0 amide bonds. The van der Waals surface area contributed by atoms with E-state index in [0.29, 0.717) is 0 Å². The minimum atomic E-state index is 0.254. The fourth-order valence-corrected chi connectivity index (χ4v) is 4.01. The van der Waals surface area contributed by atoms with E-state index < -0.39 is 0 Å². The predicted molar refractivity (Wildman–Crippen MR) is 112 cm³/mol. The Morgan fingerprint density at radius 2 is 1.79 bits per heavy atom. The number of hydrogen-bond acceptors (Lipinski definition) is 4. The van der Waals surface area contributed by atoms with E-state index in [2.05, 4.69) is 42.2 Å². The van der Waals surface area contributed by atoms with Crippen LogP contribution in [0.4, 0.5) is 0 Å². The summed E-state index contributed by atoms with van der Waals surface area (Å²) in [5.41, 5.74) is 5.30. The van der Waals surface area contributed by atoms with E-state index in [1.54, 1.807) is 13.3 Å². The Labute approximate surface area is 166 Å². The average Bonchev–Trinajstić information content (AvgIpc) is 3.27. The number of rotatable bonds is 6. The van der Waals surface area contributed by atoms with Gasteiger partial charge in [0, 0.05) is 23.5 Å². The molecule has 1 aliphatic rings. The zero-order valence-corrected chi connectivity index (χ0v) is 16.5. The van der Waals surface area contributed by atoms with Crippen molar-refractivity contribution in [2.75, 3.05) is 7.11 Å². The van der Waals surface area contributed by atoms with Crippen molar-refractivity contribution >= 4 is 0 Å². The molecule has 0 atom stereocenters. The first-order chi connectivity index (χ1) is 13.8. The van der Waals surface area contributed by atoms with Gasteiger partial charge >= 0.3 is 0 Å². The Kier molecular flexibility index (Phi) is 5.56. The monoisotopic (exact) mass is 374 g/mol. The Morgan fingerprint density at radius 3 is 2.46 bits per heavy atom. The van der Waals surface area contributed by atoms with Gasteiger partial charge in [-0.3, -0.25) is 9.97 Å². The molecule has 3 aromatic rings. The molecule has 0 bridgehead atoms. The maximum absolute atomic E-state index is 6.30. The molecule has 1 aliphatic carbocycles. The molecule has 1 fully saturated rings. The molecule has 0 aliphatic heterocycles. The normalized spacial score (nSPS) is 14.2. The summed E-state index contributed by atoms with van der Waals surface area (Å²) in [5.74, 6) is 1.51. The van der Waals surface area contributed by atoms with Crippen molar-refractivity contribution in [2.45, 2.75) is 45.1 Å². The van der Waals surface area contributed by atoms with Gasteiger partial charge in [-0.05, 0) is 49.3 Å². The highest BCUT2D eigenvalue weighted by atomic mass is 16.5. The van der Waals surface area contributed by atoms with Gasteiger partial charge in [-0.25, -0.2) is 0 Å². The van der Waals surface area contributed by atoms with Gasteiger partial charge in [0.2, 0.25) is 0 Å². The molecular formula is C24H26N2O2. The van der Waals surface area contributed by atoms with Crippen LogP contribution in [0.15, 0.2) is 55.0 Å². The average molecular weight is 374 g/mol. The number of benzene rings is 1. The number of aryl methyl sites for hydroxylation is 1. The van der Waals surface area contributed by atoms with Gasteiger partial charge in [-0.2, -0.15) is 0 Å². The lowest BCUT2D eigenvalue weighted by atomic mass is 9.93. The maximum Gasteiger partial charge on any atom is 0.180 e. The second-order valence-corrected chi connectivity index (χ2v) is 7.14. The van der Waals surface area contributed by atoms with Crippen LogP contribution in [-0.2, 0) is 6.42 Å². The third kappa shape index (κ3) is 3.59. The first-order valence-electron chi connectivity index (χ1n) is 10.0. The molecule has 0 N–H and O–H groups in total. The Morgan fingerprint density at radius 1 is 1.00 bits per heavy atom. The van der Waals surface area contributed by atoms with Crippen LogP contribution in [0.2, 0.25) is 0 Å². The van der Waals surface area contributed by atoms with Gasteiger partial charge in [0.05, 0.1) is 25.1 Å². The molecule has 0 radical (unpaired) electrons. The fourth-order valence-electron chi connectivity index (χ4n) is 4.01. The molecule has 4 heteroatoms. The van der Waals surface area contributed by atoms with E-state index in [0.717, 1.165) is 58.7 Å². The van der Waals surface area contributed by atoms with Crippen molar-refractivity contribution in [1.82, 2.24) is 9.97 Å². The van der Waals surface area contributed by atoms with Crippen molar-refractivity contribution in [2.24, 2.45) is 0 Å². The van der Waals surface area contributed by atoms with Crippen LogP contribution in [0.3, 0.4) is 0 Å². The number of ether oxygens (including phenoxy) is 2. The minimum Gasteiger partial charge on any atom is -0.492 e. The lowest BCUT2D eigenvalue weighted by Gasteiger charge is -2.21. The summed E-state index contributed by atoms with van der Waals surface area (Å²) >= 11 is 0. The molecule has 1 aromatic carbocycles. The molecule has 2 heterocycles. The standard InChI is InChI=1S/C24H26N2O2/c1-3-21-23(20-13-7-6-12-19(20)17-9-8-14-25-15-17)24(27-2)22(16-26-21)28-18-10-4-5-11-18/h6-9,12-16,18H,3-5,10-11H2,1-2H3. The molecule has 144 valence electrons. The molecule has 2 aromatic heterocycles. The van der Waals surface area contributed by atoms with Crippen LogP contribution in [0.25, 0.3) is 22.3 Å². The van der Waals surface area contributed by atoms with Gasteiger partial charge in [-0.15, -0.1) is 0 Å². The van der Waals surface area contributed by atoms with Crippen LogP contribution < -0.4 is 9.47 Å². The zero-order valence-electron chi connectivity index (χ0n) is 16.5. The highest BCUT2D eigenvalue weighted by Gasteiger charge is 2.24. The van der Waals surface area contributed by atoms with Gasteiger partial charge in [0.1, 0.15) is 0 Å². The Balaban J connectivity index is 1.87. The van der Waals surface area contributed by atoms with Gasteiger partial charge in [-0.1, -0.05) is 37.3 Å². The van der Waals surface area contributed by atoms with Crippen LogP contribution in [0, 0.1) is 0 Å².